The maximum absolute atomic E-state index is 13.0. The molecule has 1 nitrogen and oxygen atoms in total. The minimum Gasteiger partial charge on any atom is -0.299 e. The molecule has 0 amide bonds. The van der Waals surface area contributed by atoms with Crippen LogP contribution in [0.4, 0.5) is 4.39 Å². The van der Waals surface area contributed by atoms with Crippen LogP contribution in [0, 0.1) is 12.7 Å². The van der Waals surface area contributed by atoms with E-state index in [1.165, 1.54) is 16.7 Å². The summed E-state index contributed by atoms with van der Waals surface area (Å²) >= 11 is 0. The smallest absolute Gasteiger partial charge is 0.123 e. The van der Waals surface area contributed by atoms with Gasteiger partial charge in [-0.3, -0.25) is 4.90 Å². The van der Waals surface area contributed by atoms with Gasteiger partial charge in [-0.05, 0) is 62.0 Å². The first-order valence-corrected chi connectivity index (χ1v) is 7.74. The molecule has 21 heavy (non-hydrogen) atoms. The summed E-state index contributed by atoms with van der Waals surface area (Å²) in [5, 5.41) is 0. The maximum Gasteiger partial charge on any atom is 0.123 e. The first-order valence-electron chi connectivity index (χ1n) is 7.74. The third-order valence-electron chi connectivity index (χ3n) is 4.46. The number of likely N-dealkylation sites (tertiary alicyclic amines) is 1. The molecular weight excluding hydrogens is 261 g/mol. The fraction of sp³-hybridized carbons (Fsp3) is 0.368. The predicted molar refractivity (Wildman–Crippen MR) is 84.8 cm³/mol. The monoisotopic (exact) mass is 283 g/mol. The van der Waals surface area contributed by atoms with Crippen LogP contribution in [-0.4, -0.2) is 18.0 Å². The van der Waals surface area contributed by atoms with Crippen LogP contribution in [0.25, 0.3) is 0 Å². The largest absolute Gasteiger partial charge is 0.299 e. The van der Waals surface area contributed by atoms with Crippen molar-refractivity contribution < 1.29 is 4.39 Å². The van der Waals surface area contributed by atoms with Gasteiger partial charge < -0.3 is 0 Å². The Bertz CT molecular complexity index is 566. The third kappa shape index (κ3) is 3.70. The van der Waals surface area contributed by atoms with E-state index in [0.29, 0.717) is 5.92 Å². The molecule has 3 rings (SSSR count). The van der Waals surface area contributed by atoms with Gasteiger partial charge in [0, 0.05) is 6.54 Å². The van der Waals surface area contributed by atoms with E-state index in [4.69, 9.17) is 0 Å². The predicted octanol–water partition coefficient (Wildman–Crippen LogP) is 4.51. The van der Waals surface area contributed by atoms with E-state index in [1.807, 2.05) is 12.1 Å². The summed E-state index contributed by atoms with van der Waals surface area (Å²) in [5.41, 5.74) is 3.99. The lowest BCUT2D eigenvalue weighted by molar-refractivity contribution is 0.204. The minimum atomic E-state index is -0.143. The second kappa shape index (κ2) is 6.40. The Morgan fingerprint density at radius 2 is 1.57 bits per heavy atom. The van der Waals surface area contributed by atoms with E-state index in [2.05, 4.69) is 36.1 Å². The molecule has 1 fully saturated rings. The molecule has 1 heterocycles. The maximum atomic E-state index is 13.0. The van der Waals surface area contributed by atoms with Gasteiger partial charge in [-0.2, -0.15) is 0 Å². The van der Waals surface area contributed by atoms with Gasteiger partial charge in [0.2, 0.25) is 0 Å². The van der Waals surface area contributed by atoms with Crippen molar-refractivity contribution in [2.24, 2.45) is 0 Å². The van der Waals surface area contributed by atoms with Gasteiger partial charge in [0.15, 0.2) is 0 Å². The Labute approximate surface area is 126 Å². The Morgan fingerprint density at radius 3 is 2.19 bits per heavy atom. The summed E-state index contributed by atoms with van der Waals surface area (Å²) in [6.07, 6.45) is 2.33. The Hall–Kier alpha value is -1.67. The second-order valence-corrected chi connectivity index (χ2v) is 6.09. The van der Waals surface area contributed by atoms with E-state index in [9.17, 15) is 4.39 Å². The van der Waals surface area contributed by atoms with Crippen LogP contribution in [0.2, 0.25) is 0 Å². The lowest BCUT2D eigenvalue weighted by Gasteiger charge is -2.32. The summed E-state index contributed by atoms with van der Waals surface area (Å²) < 4.78 is 13.0. The van der Waals surface area contributed by atoms with E-state index in [1.54, 1.807) is 12.1 Å². The van der Waals surface area contributed by atoms with Crippen LogP contribution in [0.15, 0.2) is 48.5 Å². The van der Waals surface area contributed by atoms with Crippen LogP contribution >= 0.6 is 0 Å². The molecular formula is C19H22FN. The SMILES string of the molecule is Cc1ccc(CN2CCC(c3ccc(F)cc3)CC2)cc1. The first kappa shape index (κ1) is 14.3. The highest BCUT2D eigenvalue weighted by atomic mass is 19.1. The molecule has 2 aromatic rings. The average Bonchev–Trinajstić information content (AvgIpc) is 2.51. The lowest BCUT2D eigenvalue weighted by Crippen LogP contribution is -2.32. The molecule has 0 unspecified atom stereocenters. The Morgan fingerprint density at radius 1 is 0.952 bits per heavy atom. The van der Waals surface area contributed by atoms with E-state index in [-0.39, 0.29) is 5.82 Å². The van der Waals surface area contributed by atoms with Crippen molar-refractivity contribution >= 4 is 0 Å². The van der Waals surface area contributed by atoms with Gasteiger partial charge in [0.1, 0.15) is 5.82 Å². The zero-order valence-corrected chi connectivity index (χ0v) is 12.6. The summed E-state index contributed by atoms with van der Waals surface area (Å²) in [5.74, 6) is 0.440. The number of nitrogens with zero attached hydrogens (tertiary/aromatic N) is 1. The highest BCUT2D eigenvalue weighted by Gasteiger charge is 2.20. The van der Waals surface area contributed by atoms with Crippen LogP contribution in [0.3, 0.4) is 0 Å². The molecule has 1 aliphatic heterocycles. The zero-order chi connectivity index (χ0) is 14.7. The van der Waals surface area contributed by atoms with E-state index in [0.717, 1.165) is 32.5 Å². The molecule has 2 heteroatoms. The normalized spacial score (nSPS) is 17.0. The third-order valence-corrected chi connectivity index (χ3v) is 4.46. The topological polar surface area (TPSA) is 3.24 Å². The summed E-state index contributed by atoms with van der Waals surface area (Å²) in [4.78, 5) is 2.52. The summed E-state index contributed by atoms with van der Waals surface area (Å²) in [6.45, 7) is 5.40. The van der Waals surface area contributed by atoms with Crippen molar-refractivity contribution in [3.05, 3.63) is 71.0 Å². The Kier molecular flexibility index (Phi) is 4.35. The molecule has 0 saturated carbocycles. The number of halogens is 1. The van der Waals surface area contributed by atoms with Crippen LogP contribution < -0.4 is 0 Å². The van der Waals surface area contributed by atoms with Gasteiger partial charge in [0.05, 0.1) is 0 Å². The van der Waals surface area contributed by atoms with Crippen molar-refractivity contribution in [2.75, 3.05) is 13.1 Å². The summed E-state index contributed by atoms with van der Waals surface area (Å²) in [6, 6.07) is 15.8. The van der Waals surface area contributed by atoms with E-state index < -0.39 is 0 Å². The minimum absolute atomic E-state index is 0.143. The van der Waals surface area contributed by atoms with Crippen LogP contribution in [0.1, 0.15) is 35.4 Å². The number of rotatable bonds is 3. The van der Waals surface area contributed by atoms with Gasteiger partial charge in [-0.1, -0.05) is 42.0 Å². The zero-order valence-electron chi connectivity index (χ0n) is 12.6. The fourth-order valence-electron chi connectivity index (χ4n) is 3.11. The van der Waals surface area contributed by atoms with Gasteiger partial charge in [0.25, 0.3) is 0 Å². The van der Waals surface area contributed by atoms with Crippen LogP contribution in [-0.2, 0) is 6.54 Å². The molecule has 0 N–H and O–H groups in total. The molecule has 110 valence electrons. The standard InChI is InChI=1S/C19H22FN/c1-15-2-4-16(5-3-15)14-21-12-10-18(11-13-21)17-6-8-19(20)9-7-17/h2-9,18H,10-14H2,1H3. The molecule has 2 aromatic carbocycles. The molecule has 0 spiro atoms. The average molecular weight is 283 g/mol. The van der Waals surface area contributed by atoms with Crippen molar-refractivity contribution in [3.63, 3.8) is 0 Å². The molecule has 0 radical (unpaired) electrons. The number of benzene rings is 2. The fourth-order valence-corrected chi connectivity index (χ4v) is 3.11. The number of piperidine rings is 1. The Balaban J connectivity index is 1.55. The number of hydrogen-bond donors (Lipinski definition) is 0. The van der Waals surface area contributed by atoms with Crippen molar-refractivity contribution in [1.29, 1.82) is 0 Å². The highest BCUT2D eigenvalue weighted by molar-refractivity contribution is 5.22. The molecule has 0 aliphatic carbocycles. The van der Waals surface area contributed by atoms with E-state index >= 15 is 0 Å². The van der Waals surface area contributed by atoms with Gasteiger partial charge in [-0.15, -0.1) is 0 Å². The second-order valence-electron chi connectivity index (χ2n) is 6.09. The quantitative estimate of drug-likeness (QED) is 0.801. The van der Waals surface area contributed by atoms with Crippen molar-refractivity contribution in [3.8, 4) is 0 Å². The molecule has 0 atom stereocenters. The number of hydrogen-bond acceptors (Lipinski definition) is 1. The van der Waals surface area contributed by atoms with Gasteiger partial charge >= 0.3 is 0 Å². The van der Waals surface area contributed by atoms with Crippen molar-refractivity contribution in [2.45, 2.75) is 32.2 Å². The molecule has 0 bridgehead atoms. The first-order chi connectivity index (χ1) is 10.2. The molecule has 1 aliphatic rings. The van der Waals surface area contributed by atoms with Crippen molar-refractivity contribution in [1.82, 2.24) is 4.90 Å². The summed E-state index contributed by atoms with van der Waals surface area (Å²) in [7, 11) is 0. The lowest BCUT2D eigenvalue weighted by atomic mass is 9.89. The molecule has 0 aromatic heterocycles. The highest BCUT2D eigenvalue weighted by Crippen LogP contribution is 2.28. The molecule has 1 saturated heterocycles. The van der Waals surface area contributed by atoms with Crippen LogP contribution in [0.5, 0.6) is 0 Å². The number of aryl methyl sites for hydroxylation is 1. The van der Waals surface area contributed by atoms with Gasteiger partial charge in [-0.25, -0.2) is 4.39 Å².